The van der Waals surface area contributed by atoms with E-state index in [2.05, 4.69) is 11.9 Å². The third-order valence-corrected chi connectivity index (χ3v) is 12.0. The van der Waals surface area contributed by atoms with Crippen molar-refractivity contribution in [2.45, 2.75) is 101 Å². The Labute approximate surface area is 263 Å². The highest BCUT2D eigenvalue weighted by molar-refractivity contribution is 5.89. The van der Waals surface area contributed by atoms with E-state index < -0.39 is 63.8 Å². The second kappa shape index (κ2) is 11.2. The zero-order valence-electron chi connectivity index (χ0n) is 26.1. The molecule has 1 aromatic carbocycles. The van der Waals surface area contributed by atoms with Gasteiger partial charge >= 0.3 is 11.9 Å². The van der Waals surface area contributed by atoms with Gasteiger partial charge in [0.05, 0.1) is 17.1 Å². The lowest BCUT2D eigenvalue weighted by Gasteiger charge is -2.67. The molecule has 4 aliphatic rings. The summed E-state index contributed by atoms with van der Waals surface area (Å²) < 4.78 is 12.0. The number of hydrogen-bond acceptors (Lipinski definition) is 9. The van der Waals surface area contributed by atoms with Crippen LogP contribution in [0.3, 0.4) is 0 Å². The van der Waals surface area contributed by atoms with Gasteiger partial charge in [0, 0.05) is 24.4 Å². The molecular formula is C36H43NO8. The van der Waals surface area contributed by atoms with Gasteiger partial charge in [0.15, 0.2) is 0 Å². The number of pyridine rings is 1. The maximum absolute atomic E-state index is 13.4. The molecule has 0 saturated heterocycles. The number of rotatable bonds is 6. The van der Waals surface area contributed by atoms with Gasteiger partial charge in [-0.1, -0.05) is 55.8 Å². The van der Waals surface area contributed by atoms with E-state index in [-0.39, 0.29) is 31.2 Å². The Morgan fingerprint density at radius 2 is 1.80 bits per heavy atom. The Kier molecular flexibility index (Phi) is 7.84. The van der Waals surface area contributed by atoms with E-state index in [1.54, 1.807) is 32.1 Å². The zero-order chi connectivity index (χ0) is 32.3. The molecule has 3 fully saturated rings. The predicted molar refractivity (Wildman–Crippen MR) is 165 cm³/mol. The Bertz CT molecular complexity index is 1510. The molecule has 0 bridgehead atoms. The van der Waals surface area contributed by atoms with Gasteiger partial charge in [-0.05, 0) is 81.1 Å². The first kappa shape index (κ1) is 31.6. The van der Waals surface area contributed by atoms with Crippen molar-refractivity contribution in [2.75, 3.05) is 0 Å². The van der Waals surface area contributed by atoms with Crippen molar-refractivity contribution >= 4 is 18.0 Å². The number of carbonyl (C=O) groups excluding carboxylic acids is 2. The van der Waals surface area contributed by atoms with E-state index in [4.69, 9.17) is 9.47 Å². The van der Waals surface area contributed by atoms with Crippen LogP contribution in [-0.2, 0) is 14.3 Å². The molecule has 1 aromatic heterocycles. The summed E-state index contributed by atoms with van der Waals surface area (Å²) in [5.41, 5.74) is -5.62. The third-order valence-electron chi connectivity index (χ3n) is 12.0. The van der Waals surface area contributed by atoms with Crippen LogP contribution < -0.4 is 0 Å². The number of carbonyl (C=O) groups is 2. The summed E-state index contributed by atoms with van der Waals surface area (Å²) in [5.74, 6) is -1.86. The molecule has 2 aromatic rings. The monoisotopic (exact) mass is 617 g/mol. The van der Waals surface area contributed by atoms with Crippen LogP contribution in [0.2, 0.25) is 0 Å². The van der Waals surface area contributed by atoms with E-state index in [0.717, 1.165) is 11.1 Å². The molecule has 45 heavy (non-hydrogen) atoms. The van der Waals surface area contributed by atoms with Gasteiger partial charge in [-0.3, -0.25) is 4.98 Å². The maximum atomic E-state index is 13.4. The second-order valence-electron chi connectivity index (χ2n) is 13.9. The van der Waals surface area contributed by atoms with Crippen molar-refractivity contribution in [1.29, 1.82) is 0 Å². The third kappa shape index (κ3) is 4.70. The van der Waals surface area contributed by atoms with Crippen LogP contribution in [0.15, 0.2) is 72.6 Å². The summed E-state index contributed by atoms with van der Waals surface area (Å²) in [6.07, 6.45) is 7.05. The molecule has 9 heteroatoms. The smallest absolute Gasteiger partial charge is 0.340 e. The van der Waals surface area contributed by atoms with Crippen LogP contribution in [0.4, 0.5) is 0 Å². The summed E-state index contributed by atoms with van der Waals surface area (Å²) in [4.78, 5) is 30.5. The number of aromatic nitrogens is 1. The molecule has 1 heterocycles. The molecule has 9 atom stereocenters. The molecule has 6 rings (SSSR count). The first-order chi connectivity index (χ1) is 21.3. The number of nitrogens with zero attached hydrogens (tertiary/aromatic N) is 1. The van der Waals surface area contributed by atoms with E-state index >= 15 is 0 Å². The molecule has 0 radical (unpaired) electrons. The van der Waals surface area contributed by atoms with Crippen molar-refractivity contribution < 1.29 is 39.5 Å². The van der Waals surface area contributed by atoms with Gasteiger partial charge in [0.2, 0.25) is 0 Å². The topological polar surface area (TPSA) is 146 Å². The van der Waals surface area contributed by atoms with Crippen LogP contribution in [-0.4, -0.2) is 72.5 Å². The summed E-state index contributed by atoms with van der Waals surface area (Å²) in [5, 5.41) is 48.6. The molecule has 4 N–H and O–H groups in total. The summed E-state index contributed by atoms with van der Waals surface area (Å²) >= 11 is 0. The average molecular weight is 618 g/mol. The summed E-state index contributed by atoms with van der Waals surface area (Å²) in [6, 6.07) is 12.5. The highest BCUT2D eigenvalue weighted by Crippen LogP contribution is 2.71. The van der Waals surface area contributed by atoms with Crippen LogP contribution in [0.1, 0.15) is 81.6 Å². The van der Waals surface area contributed by atoms with Crippen molar-refractivity contribution in [1.82, 2.24) is 4.98 Å². The highest BCUT2D eigenvalue weighted by atomic mass is 16.6. The van der Waals surface area contributed by atoms with Crippen LogP contribution in [0, 0.1) is 16.7 Å². The van der Waals surface area contributed by atoms with Crippen LogP contribution in [0.5, 0.6) is 0 Å². The van der Waals surface area contributed by atoms with Crippen molar-refractivity contribution in [3.8, 4) is 0 Å². The molecule has 4 aliphatic carbocycles. The van der Waals surface area contributed by atoms with Crippen molar-refractivity contribution in [3.05, 3.63) is 83.7 Å². The molecule has 0 spiro atoms. The van der Waals surface area contributed by atoms with Crippen LogP contribution >= 0.6 is 0 Å². The molecular weight excluding hydrogens is 574 g/mol. The van der Waals surface area contributed by atoms with Gasteiger partial charge < -0.3 is 29.9 Å². The van der Waals surface area contributed by atoms with Gasteiger partial charge in [0.1, 0.15) is 29.0 Å². The highest BCUT2D eigenvalue weighted by Gasteiger charge is 2.81. The molecule has 1 unspecified atom stereocenters. The Hall–Kier alpha value is -3.37. The van der Waals surface area contributed by atoms with Gasteiger partial charge in [-0.25, -0.2) is 9.59 Å². The average Bonchev–Trinajstić information content (AvgIpc) is 3.26. The summed E-state index contributed by atoms with van der Waals surface area (Å²) in [6.45, 7) is 5.27. The van der Waals surface area contributed by atoms with E-state index in [1.165, 1.54) is 18.5 Å². The number of benzene rings is 1. The quantitative estimate of drug-likeness (QED) is 0.213. The first-order valence-electron chi connectivity index (χ1n) is 15.9. The number of aliphatic hydroxyl groups is 4. The zero-order valence-corrected chi connectivity index (χ0v) is 26.1. The van der Waals surface area contributed by atoms with Crippen molar-refractivity contribution in [3.63, 3.8) is 0 Å². The van der Waals surface area contributed by atoms with E-state index in [9.17, 15) is 30.0 Å². The van der Waals surface area contributed by atoms with E-state index in [1.807, 2.05) is 36.4 Å². The fraction of sp³-hybridized carbons (Fsp3) is 0.528. The number of ether oxygens (including phenoxy) is 2. The largest absolute Gasteiger partial charge is 0.458 e. The second-order valence-corrected chi connectivity index (χ2v) is 13.9. The predicted octanol–water partition coefficient (Wildman–Crippen LogP) is 4.15. The number of aliphatic hydroxyl groups excluding tert-OH is 1. The number of esters is 2. The Balaban J connectivity index is 1.40. The minimum absolute atomic E-state index is 0.00241. The number of hydrogen-bond donors (Lipinski definition) is 4. The van der Waals surface area contributed by atoms with E-state index in [0.29, 0.717) is 19.3 Å². The standard InChI is InChI=1S/C36H43NO8/c1-23(44-31(40)25-10-7-19-37-22-25)34(41)17-18-36(43)33(34,3)29(45-30(39)12-11-24-8-5-4-6-9-24)21-28-32(2)15-14-27(38)20-26(32)13-16-35(28,36)42/h4-13,19,22-23,27-29,38,41-43H,14-18,20-21H2,1-3H3/b12-11+/t23-,27-,28+,29+,32-,33+,34-,35?,36+/m0/s1. The normalized spacial score (nSPS) is 39.6. The lowest BCUT2D eigenvalue weighted by atomic mass is 9.42. The first-order valence-corrected chi connectivity index (χ1v) is 15.9. The SMILES string of the molecule is C[C@H](OC(=O)c1cccnc1)[C@@]1(O)CC[C@]2(O)C3(O)CC=C4C[C@@H](O)CC[C@]4(C)[C@H]3C[C@@H](OC(=O)/C=C/c3ccccc3)[C@]12C. The molecule has 0 amide bonds. The maximum Gasteiger partial charge on any atom is 0.340 e. The fourth-order valence-corrected chi connectivity index (χ4v) is 9.21. The minimum Gasteiger partial charge on any atom is -0.458 e. The van der Waals surface area contributed by atoms with Gasteiger partial charge in [-0.15, -0.1) is 0 Å². The van der Waals surface area contributed by atoms with Gasteiger partial charge in [-0.2, -0.15) is 0 Å². The lowest BCUT2D eigenvalue weighted by molar-refractivity contribution is -0.326. The Morgan fingerprint density at radius 1 is 1.04 bits per heavy atom. The molecule has 9 nitrogen and oxygen atoms in total. The number of fused-ring (bicyclic) bond motifs is 5. The molecule has 240 valence electrons. The van der Waals surface area contributed by atoms with Crippen molar-refractivity contribution in [2.24, 2.45) is 16.7 Å². The minimum atomic E-state index is -1.91. The fourth-order valence-electron chi connectivity index (χ4n) is 9.21. The molecule has 3 saturated carbocycles. The molecule has 0 aliphatic heterocycles. The van der Waals surface area contributed by atoms with Crippen LogP contribution in [0.25, 0.3) is 6.08 Å². The Morgan fingerprint density at radius 3 is 2.51 bits per heavy atom. The van der Waals surface area contributed by atoms with Gasteiger partial charge in [0.25, 0.3) is 0 Å². The summed E-state index contributed by atoms with van der Waals surface area (Å²) in [7, 11) is 0. The lowest BCUT2D eigenvalue weighted by Crippen LogP contribution is -2.78.